The number of aromatic hydroxyl groups is 1. The van der Waals surface area contributed by atoms with E-state index in [1.807, 2.05) is 0 Å². The zero-order valence-corrected chi connectivity index (χ0v) is 11.9. The van der Waals surface area contributed by atoms with Crippen molar-refractivity contribution in [2.24, 2.45) is 0 Å². The highest BCUT2D eigenvalue weighted by Crippen LogP contribution is 2.23. The zero-order valence-electron chi connectivity index (χ0n) is 10.3. The Morgan fingerprint density at radius 3 is 2.42 bits per heavy atom. The molecule has 2 rings (SSSR count). The molecule has 0 aliphatic heterocycles. The van der Waals surface area contributed by atoms with Gasteiger partial charge in [0.15, 0.2) is 0 Å². The molecule has 0 fully saturated rings. The van der Waals surface area contributed by atoms with Gasteiger partial charge in [0.1, 0.15) is 5.75 Å². The van der Waals surface area contributed by atoms with Crippen LogP contribution in [0.1, 0.15) is 10.4 Å². The van der Waals surface area contributed by atoms with Gasteiger partial charge in [-0.2, -0.15) is 0 Å². The number of carbonyl (C=O) groups is 1. The van der Waals surface area contributed by atoms with Crippen LogP contribution in [0.2, 0.25) is 0 Å². The van der Waals surface area contributed by atoms with E-state index in [2.05, 4.69) is 15.9 Å². The molecular formula is C14H13BrN2O2. The van der Waals surface area contributed by atoms with Crippen LogP contribution in [0.25, 0.3) is 0 Å². The number of hydrogen-bond acceptors (Lipinski definition) is 3. The minimum Gasteiger partial charge on any atom is -0.508 e. The van der Waals surface area contributed by atoms with Gasteiger partial charge in [-0.15, -0.1) is 0 Å². The predicted octanol–water partition coefficient (Wildman–Crippen LogP) is 3.01. The Balaban J connectivity index is 2.30. The van der Waals surface area contributed by atoms with Crippen LogP contribution < -0.4 is 10.6 Å². The fraction of sp³-hybridized carbons (Fsp3) is 0.0714. The highest BCUT2D eigenvalue weighted by atomic mass is 79.9. The van der Waals surface area contributed by atoms with Gasteiger partial charge < -0.3 is 15.7 Å². The number of phenols is 1. The number of phenolic OH excluding ortho intramolecular Hbond substituents is 1. The van der Waals surface area contributed by atoms with Crippen molar-refractivity contribution in [1.29, 1.82) is 0 Å². The number of nitrogens with zero attached hydrogens (tertiary/aromatic N) is 1. The summed E-state index contributed by atoms with van der Waals surface area (Å²) in [6, 6.07) is 11.5. The van der Waals surface area contributed by atoms with Gasteiger partial charge in [-0.3, -0.25) is 4.79 Å². The summed E-state index contributed by atoms with van der Waals surface area (Å²) in [7, 11) is 1.66. The lowest BCUT2D eigenvalue weighted by Crippen LogP contribution is -2.26. The Kier molecular flexibility index (Phi) is 3.76. The molecule has 19 heavy (non-hydrogen) atoms. The molecule has 0 heterocycles. The largest absolute Gasteiger partial charge is 0.508 e. The van der Waals surface area contributed by atoms with E-state index in [1.165, 1.54) is 17.0 Å². The molecule has 2 aromatic rings. The van der Waals surface area contributed by atoms with Crippen LogP contribution in [-0.4, -0.2) is 18.1 Å². The molecule has 0 saturated heterocycles. The second-order valence-electron chi connectivity index (χ2n) is 4.11. The molecule has 0 radical (unpaired) electrons. The number of anilines is 2. The van der Waals surface area contributed by atoms with Crippen molar-refractivity contribution in [3.05, 3.63) is 52.5 Å². The Bertz CT molecular complexity index is 611. The lowest BCUT2D eigenvalue weighted by molar-refractivity contribution is 0.0994. The first-order valence-corrected chi connectivity index (χ1v) is 6.40. The van der Waals surface area contributed by atoms with Crippen LogP contribution in [-0.2, 0) is 0 Å². The molecule has 5 heteroatoms. The summed E-state index contributed by atoms with van der Waals surface area (Å²) in [6.07, 6.45) is 0. The van der Waals surface area contributed by atoms with Gasteiger partial charge in [0.25, 0.3) is 5.91 Å². The average Bonchev–Trinajstić information content (AvgIpc) is 2.38. The topological polar surface area (TPSA) is 66.6 Å². The Hall–Kier alpha value is -2.01. The Morgan fingerprint density at radius 2 is 1.84 bits per heavy atom. The lowest BCUT2D eigenvalue weighted by Gasteiger charge is -2.18. The Labute approximate surface area is 119 Å². The summed E-state index contributed by atoms with van der Waals surface area (Å²) in [5.41, 5.74) is 7.39. The molecule has 4 nitrogen and oxygen atoms in total. The van der Waals surface area contributed by atoms with Crippen LogP contribution >= 0.6 is 15.9 Å². The highest BCUT2D eigenvalue weighted by molar-refractivity contribution is 9.10. The highest BCUT2D eigenvalue weighted by Gasteiger charge is 2.16. The van der Waals surface area contributed by atoms with Crippen molar-refractivity contribution in [2.75, 3.05) is 17.7 Å². The second-order valence-corrected chi connectivity index (χ2v) is 5.03. The molecule has 3 N–H and O–H groups in total. The van der Waals surface area contributed by atoms with Crippen LogP contribution in [0.5, 0.6) is 5.75 Å². The van der Waals surface area contributed by atoms with E-state index in [4.69, 9.17) is 5.73 Å². The standard InChI is InChI=1S/C14H13BrN2O2/c1-17(10-3-5-11(18)6-4-10)14(19)12-7-2-9(15)8-13(12)16/h2-8,18H,16H2,1H3. The van der Waals surface area contributed by atoms with Crippen molar-refractivity contribution in [1.82, 2.24) is 0 Å². The first-order chi connectivity index (χ1) is 8.99. The third-order valence-corrected chi connectivity index (χ3v) is 3.28. The molecule has 0 aliphatic carbocycles. The maximum absolute atomic E-state index is 12.3. The number of rotatable bonds is 2. The van der Waals surface area contributed by atoms with Crippen molar-refractivity contribution in [2.45, 2.75) is 0 Å². The summed E-state index contributed by atoms with van der Waals surface area (Å²) in [5.74, 6) is -0.0385. The van der Waals surface area contributed by atoms with E-state index in [1.54, 1.807) is 37.4 Å². The van der Waals surface area contributed by atoms with Crippen molar-refractivity contribution < 1.29 is 9.90 Å². The van der Waals surface area contributed by atoms with Crippen LogP contribution in [0.4, 0.5) is 11.4 Å². The van der Waals surface area contributed by atoms with Gasteiger partial charge >= 0.3 is 0 Å². The van der Waals surface area contributed by atoms with Crippen LogP contribution in [0.15, 0.2) is 46.9 Å². The molecule has 0 bridgehead atoms. The van der Waals surface area contributed by atoms with Gasteiger partial charge in [0.05, 0.1) is 5.56 Å². The third kappa shape index (κ3) is 2.88. The van der Waals surface area contributed by atoms with Crippen molar-refractivity contribution >= 4 is 33.2 Å². The molecule has 2 aromatic carbocycles. The van der Waals surface area contributed by atoms with Gasteiger partial charge in [-0.25, -0.2) is 0 Å². The first kappa shape index (κ1) is 13.4. The van der Waals surface area contributed by atoms with E-state index >= 15 is 0 Å². The minimum absolute atomic E-state index is 0.160. The van der Waals surface area contributed by atoms with Crippen molar-refractivity contribution in [3.8, 4) is 5.75 Å². The number of benzene rings is 2. The summed E-state index contributed by atoms with van der Waals surface area (Å²) >= 11 is 3.30. The average molecular weight is 321 g/mol. The van der Waals surface area contributed by atoms with E-state index < -0.39 is 0 Å². The van der Waals surface area contributed by atoms with Crippen LogP contribution in [0.3, 0.4) is 0 Å². The number of amides is 1. The molecule has 0 unspecified atom stereocenters. The molecule has 0 saturated carbocycles. The minimum atomic E-state index is -0.198. The maximum atomic E-state index is 12.3. The summed E-state index contributed by atoms with van der Waals surface area (Å²) in [4.78, 5) is 13.8. The summed E-state index contributed by atoms with van der Waals surface area (Å²) in [6.45, 7) is 0. The molecule has 98 valence electrons. The van der Waals surface area contributed by atoms with E-state index in [-0.39, 0.29) is 11.7 Å². The number of nitrogens with two attached hydrogens (primary N) is 1. The molecule has 0 atom stereocenters. The molecule has 1 amide bonds. The van der Waals surface area contributed by atoms with Gasteiger partial charge in [0, 0.05) is 22.9 Å². The number of nitrogen functional groups attached to an aromatic ring is 1. The third-order valence-electron chi connectivity index (χ3n) is 2.79. The summed E-state index contributed by atoms with van der Waals surface area (Å²) < 4.78 is 0.828. The normalized spacial score (nSPS) is 10.2. The predicted molar refractivity (Wildman–Crippen MR) is 79.4 cm³/mol. The fourth-order valence-electron chi connectivity index (χ4n) is 1.70. The molecule has 0 aliphatic rings. The smallest absolute Gasteiger partial charge is 0.260 e. The first-order valence-electron chi connectivity index (χ1n) is 5.61. The number of hydrogen-bond donors (Lipinski definition) is 2. The number of carbonyl (C=O) groups excluding carboxylic acids is 1. The quantitative estimate of drug-likeness (QED) is 0.836. The van der Waals surface area contributed by atoms with Crippen molar-refractivity contribution in [3.63, 3.8) is 0 Å². The van der Waals surface area contributed by atoms with Gasteiger partial charge in [0.2, 0.25) is 0 Å². The SMILES string of the molecule is CN(C(=O)c1ccc(Br)cc1N)c1ccc(O)cc1. The number of halogens is 1. The molecule has 0 spiro atoms. The second kappa shape index (κ2) is 5.32. The van der Waals surface area contributed by atoms with E-state index in [0.29, 0.717) is 16.9 Å². The van der Waals surface area contributed by atoms with Gasteiger partial charge in [-0.1, -0.05) is 15.9 Å². The molecular weight excluding hydrogens is 308 g/mol. The Morgan fingerprint density at radius 1 is 1.21 bits per heavy atom. The maximum Gasteiger partial charge on any atom is 0.260 e. The molecule has 0 aromatic heterocycles. The van der Waals surface area contributed by atoms with Gasteiger partial charge in [-0.05, 0) is 42.5 Å². The fourth-order valence-corrected chi connectivity index (χ4v) is 2.08. The van der Waals surface area contributed by atoms with E-state index in [0.717, 1.165) is 4.47 Å². The van der Waals surface area contributed by atoms with E-state index in [9.17, 15) is 9.90 Å². The van der Waals surface area contributed by atoms with Crippen LogP contribution in [0, 0.1) is 0 Å². The zero-order chi connectivity index (χ0) is 14.0. The lowest BCUT2D eigenvalue weighted by atomic mass is 10.1. The monoisotopic (exact) mass is 320 g/mol. The summed E-state index contributed by atoms with van der Waals surface area (Å²) in [5, 5.41) is 9.24.